The molecule has 0 bridgehead atoms. The van der Waals surface area contributed by atoms with E-state index in [1.165, 1.54) is 16.9 Å². The van der Waals surface area contributed by atoms with Gasteiger partial charge in [0.25, 0.3) is 0 Å². The van der Waals surface area contributed by atoms with Gasteiger partial charge >= 0.3 is 5.97 Å². The minimum absolute atomic E-state index is 0.0706. The van der Waals surface area contributed by atoms with Gasteiger partial charge in [-0.3, -0.25) is 9.48 Å². The number of nitrogens with one attached hydrogen (secondary N) is 1. The van der Waals surface area contributed by atoms with Crippen molar-refractivity contribution in [1.29, 1.82) is 0 Å². The van der Waals surface area contributed by atoms with E-state index in [4.69, 9.17) is 9.84 Å². The lowest BCUT2D eigenvalue weighted by molar-refractivity contribution is -0.124. The second kappa shape index (κ2) is 5.83. The molecule has 1 aromatic heterocycles. The number of hydrogen-bond acceptors (Lipinski definition) is 4. The van der Waals surface area contributed by atoms with Crippen LogP contribution in [-0.2, 0) is 9.53 Å². The summed E-state index contributed by atoms with van der Waals surface area (Å²) in [6.45, 7) is 2.90. The molecule has 0 saturated carbocycles. The molecule has 1 fully saturated rings. The van der Waals surface area contributed by atoms with E-state index in [2.05, 4.69) is 10.4 Å². The summed E-state index contributed by atoms with van der Waals surface area (Å²) >= 11 is 0. The highest BCUT2D eigenvalue weighted by Crippen LogP contribution is 2.11. The molecule has 7 nitrogen and oxygen atoms in total. The van der Waals surface area contributed by atoms with Crippen LogP contribution in [0.2, 0.25) is 0 Å². The highest BCUT2D eigenvalue weighted by molar-refractivity contribution is 5.85. The molecule has 2 rings (SSSR count). The Balaban J connectivity index is 1.88. The summed E-state index contributed by atoms with van der Waals surface area (Å²) in [5, 5.41) is 15.4. The van der Waals surface area contributed by atoms with Crippen molar-refractivity contribution < 1.29 is 19.4 Å². The monoisotopic (exact) mass is 267 g/mol. The number of carbonyl (C=O) groups excluding carboxylic acids is 1. The van der Waals surface area contributed by atoms with Crippen molar-refractivity contribution in [1.82, 2.24) is 15.1 Å². The van der Waals surface area contributed by atoms with Crippen molar-refractivity contribution in [2.75, 3.05) is 13.2 Å². The number of aromatic carboxylic acids is 1. The second-order valence-electron chi connectivity index (χ2n) is 4.54. The van der Waals surface area contributed by atoms with Crippen molar-refractivity contribution in [2.24, 2.45) is 0 Å². The van der Waals surface area contributed by atoms with Crippen LogP contribution in [0, 0.1) is 0 Å². The normalized spacial score (nSPS) is 20.2. The molecule has 7 heteroatoms. The number of carboxylic acids is 1. The molecule has 1 amide bonds. The average molecular weight is 267 g/mol. The number of ether oxygens (including phenoxy) is 1. The Hall–Kier alpha value is -1.89. The third kappa shape index (κ3) is 3.31. The van der Waals surface area contributed by atoms with Gasteiger partial charge in [0.15, 0.2) is 5.69 Å². The molecule has 2 unspecified atom stereocenters. The summed E-state index contributed by atoms with van der Waals surface area (Å²) in [5.41, 5.74) is -0.0706. The third-order valence-corrected chi connectivity index (χ3v) is 3.13. The number of aromatic nitrogens is 2. The average Bonchev–Trinajstić information content (AvgIpc) is 3.05. The Morgan fingerprint density at radius 2 is 2.47 bits per heavy atom. The number of carboxylic acid groups (broad SMARTS) is 1. The molecule has 0 aromatic carbocycles. The van der Waals surface area contributed by atoms with Gasteiger partial charge in [0.2, 0.25) is 5.91 Å². The first-order chi connectivity index (χ1) is 9.08. The zero-order valence-corrected chi connectivity index (χ0v) is 10.7. The number of rotatable bonds is 5. The second-order valence-corrected chi connectivity index (χ2v) is 4.54. The standard InChI is InChI=1S/C12H17N3O4/c1-8(15-5-4-10(14-15)12(17)18)11(16)13-7-9-3-2-6-19-9/h4-5,8-9H,2-3,6-7H2,1H3,(H,13,16)(H,17,18). The van der Waals surface area contributed by atoms with E-state index in [1.54, 1.807) is 6.92 Å². The fourth-order valence-electron chi connectivity index (χ4n) is 1.96. The van der Waals surface area contributed by atoms with Gasteiger partial charge in [-0.1, -0.05) is 0 Å². The predicted octanol–water partition coefficient (Wildman–Crippen LogP) is 0.437. The molecular weight excluding hydrogens is 250 g/mol. The fourth-order valence-corrected chi connectivity index (χ4v) is 1.96. The molecule has 2 atom stereocenters. The Bertz CT molecular complexity index is 465. The van der Waals surface area contributed by atoms with Gasteiger partial charge in [-0.15, -0.1) is 0 Å². The summed E-state index contributed by atoms with van der Waals surface area (Å²) in [6, 6.07) is 0.821. The fraction of sp³-hybridized carbons (Fsp3) is 0.583. The summed E-state index contributed by atoms with van der Waals surface area (Å²) in [7, 11) is 0. The number of hydrogen-bond donors (Lipinski definition) is 2. The molecular formula is C12H17N3O4. The lowest BCUT2D eigenvalue weighted by atomic mass is 10.2. The van der Waals surface area contributed by atoms with Gasteiger partial charge < -0.3 is 15.2 Å². The summed E-state index contributed by atoms with van der Waals surface area (Å²) < 4.78 is 6.75. The molecule has 0 radical (unpaired) electrons. The number of amides is 1. The number of carbonyl (C=O) groups is 2. The molecule has 0 spiro atoms. The zero-order chi connectivity index (χ0) is 13.8. The molecule has 1 aromatic rings. The molecule has 1 aliphatic heterocycles. The van der Waals surface area contributed by atoms with E-state index in [0.717, 1.165) is 19.4 Å². The smallest absolute Gasteiger partial charge is 0.356 e. The molecule has 19 heavy (non-hydrogen) atoms. The van der Waals surface area contributed by atoms with Crippen LogP contribution in [0.4, 0.5) is 0 Å². The Morgan fingerprint density at radius 1 is 1.68 bits per heavy atom. The van der Waals surface area contributed by atoms with E-state index in [9.17, 15) is 9.59 Å². The third-order valence-electron chi connectivity index (χ3n) is 3.13. The maximum absolute atomic E-state index is 11.9. The Labute approximate surface area is 110 Å². The molecule has 0 aliphatic carbocycles. The summed E-state index contributed by atoms with van der Waals surface area (Å²) in [4.78, 5) is 22.6. The first-order valence-electron chi connectivity index (χ1n) is 6.25. The molecule has 2 N–H and O–H groups in total. The molecule has 104 valence electrons. The van der Waals surface area contributed by atoms with E-state index >= 15 is 0 Å². The minimum atomic E-state index is -1.11. The van der Waals surface area contributed by atoms with Crippen molar-refractivity contribution in [2.45, 2.75) is 31.9 Å². The highest BCUT2D eigenvalue weighted by Gasteiger charge is 2.20. The van der Waals surface area contributed by atoms with Crippen molar-refractivity contribution in [3.63, 3.8) is 0 Å². The van der Waals surface area contributed by atoms with E-state index in [1.807, 2.05) is 0 Å². The van der Waals surface area contributed by atoms with Crippen LogP contribution in [0.3, 0.4) is 0 Å². The van der Waals surface area contributed by atoms with E-state index in [-0.39, 0.29) is 17.7 Å². The van der Waals surface area contributed by atoms with Gasteiger partial charge in [0, 0.05) is 19.3 Å². The first-order valence-corrected chi connectivity index (χ1v) is 6.25. The molecule has 1 aliphatic rings. The van der Waals surface area contributed by atoms with Crippen LogP contribution < -0.4 is 5.32 Å². The molecule has 2 heterocycles. The Kier molecular flexibility index (Phi) is 4.16. The first kappa shape index (κ1) is 13.5. The van der Waals surface area contributed by atoms with Crippen LogP contribution in [0.25, 0.3) is 0 Å². The largest absolute Gasteiger partial charge is 0.476 e. The minimum Gasteiger partial charge on any atom is -0.476 e. The van der Waals surface area contributed by atoms with E-state index in [0.29, 0.717) is 6.54 Å². The number of nitrogens with zero attached hydrogens (tertiary/aromatic N) is 2. The van der Waals surface area contributed by atoms with E-state index < -0.39 is 12.0 Å². The van der Waals surface area contributed by atoms with Gasteiger partial charge in [-0.05, 0) is 25.8 Å². The zero-order valence-electron chi connectivity index (χ0n) is 10.7. The Morgan fingerprint density at radius 3 is 3.05 bits per heavy atom. The van der Waals surface area contributed by atoms with Gasteiger partial charge in [0.1, 0.15) is 6.04 Å². The predicted molar refractivity (Wildman–Crippen MR) is 65.9 cm³/mol. The van der Waals surface area contributed by atoms with Crippen LogP contribution in [-0.4, -0.2) is 46.0 Å². The lowest BCUT2D eigenvalue weighted by Crippen LogP contribution is -2.36. The van der Waals surface area contributed by atoms with Gasteiger partial charge in [0.05, 0.1) is 6.10 Å². The van der Waals surface area contributed by atoms with Gasteiger partial charge in [-0.2, -0.15) is 5.10 Å². The summed E-state index contributed by atoms with van der Waals surface area (Å²) in [5.74, 6) is -1.30. The maximum Gasteiger partial charge on any atom is 0.356 e. The quantitative estimate of drug-likeness (QED) is 0.807. The maximum atomic E-state index is 11.9. The van der Waals surface area contributed by atoms with Crippen LogP contribution in [0.1, 0.15) is 36.3 Å². The van der Waals surface area contributed by atoms with Gasteiger partial charge in [-0.25, -0.2) is 4.79 Å². The van der Waals surface area contributed by atoms with Crippen molar-refractivity contribution in [3.05, 3.63) is 18.0 Å². The molecule has 1 saturated heterocycles. The summed E-state index contributed by atoms with van der Waals surface area (Å²) in [6.07, 6.45) is 3.56. The highest BCUT2D eigenvalue weighted by atomic mass is 16.5. The SMILES string of the molecule is CC(C(=O)NCC1CCCO1)n1ccc(C(=O)O)n1. The van der Waals surface area contributed by atoms with Crippen LogP contribution in [0.15, 0.2) is 12.3 Å². The lowest BCUT2D eigenvalue weighted by Gasteiger charge is -2.15. The van der Waals surface area contributed by atoms with Crippen LogP contribution >= 0.6 is 0 Å². The topological polar surface area (TPSA) is 93.5 Å². The van der Waals surface area contributed by atoms with Crippen molar-refractivity contribution >= 4 is 11.9 Å². The van der Waals surface area contributed by atoms with Crippen LogP contribution in [0.5, 0.6) is 0 Å². The van der Waals surface area contributed by atoms with Crippen molar-refractivity contribution in [3.8, 4) is 0 Å².